The molecule has 0 aliphatic rings. The molecule has 0 radical (unpaired) electrons. The number of azo groups is 1. The van der Waals surface area contributed by atoms with E-state index in [1.165, 1.54) is 19.1 Å². The summed E-state index contributed by atoms with van der Waals surface area (Å²) in [6, 6.07) is 15.3. The summed E-state index contributed by atoms with van der Waals surface area (Å²) >= 11 is 12.2. The minimum absolute atomic E-state index is 0. The monoisotopic (exact) mass is 595 g/mol. The quantitative estimate of drug-likeness (QED) is 0.189. The molecule has 4 aromatic rings. The summed E-state index contributed by atoms with van der Waals surface area (Å²) in [5, 5.41) is 25.3. The number of halogens is 2. The second-order valence-electron chi connectivity index (χ2n) is 8.10. The van der Waals surface area contributed by atoms with E-state index in [-0.39, 0.29) is 62.2 Å². The molecule has 0 unspecified atom stereocenters. The van der Waals surface area contributed by atoms with E-state index in [1.807, 2.05) is 6.92 Å². The van der Waals surface area contributed by atoms with Crippen LogP contribution in [0, 0.1) is 6.92 Å². The third-order valence-corrected chi connectivity index (χ3v) is 6.88. The van der Waals surface area contributed by atoms with Gasteiger partial charge in [0.05, 0.1) is 23.0 Å². The first-order chi connectivity index (χ1) is 18.0. The molecule has 0 aromatic heterocycles. The predicted molar refractivity (Wildman–Crippen MR) is 144 cm³/mol. The van der Waals surface area contributed by atoms with E-state index < -0.39 is 26.7 Å². The van der Waals surface area contributed by atoms with Gasteiger partial charge in [0.1, 0.15) is 16.3 Å². The Balaban J connectivity index is 0.00000420. The van der Waals surface area contributed by atoms with E-state index in [0.717, 1.165) is 6.07 Å². The van der Waals surface area contributed by atoms with Crippen molar-refractivity contribution < 1.29 is 57.2 Å². The minimum Gasteiger partial charge on any atom is -0.870 e. The van der Waals surface area contributed by atoms with E-state index in [4.69, 9.17) is 27.9 Å². The van der Waals surface area contributed by atoms with E-state index in [1.54, 1.807) is 42.5 Å². The third-order valence-electron chi connectivity index (χ3n) is 5.48. The number of hydrogen-bond donors (Lipinski definition) is 2. The van der Waals surface area contributed by atoms with Crippen LogP contribution in [0.15, 0.2) is 75.8 Å². The van der Waals surface area contributed by atoms with Crippen molar-refractivity contribution >= 4 is 67.1 Å². The van der Waals surface area contributed by atoms with Gasteiger partial charge in [-0.3, -0.25) is 9.35 Å². The topological polar surface area (TPSA) is 140 Å². The van der Waals surface area contributed by atoms with Gasteiger partial charge < -0.3 is 15.2 Å². The summed E-state index contributed by atoms with van der Waals surface area (Å²) in [5.41, 5.74) is -0.0568. The van der Waals surface area contributed by atoms with Crippen LogP contribution < -0.4 is 44.7 Å². The Morgan fingerprint density at radius 1 is 1.05 bits per heavy atom. The van der Waals surface area contributed by atoms with E-state index in [2.05, 4.69) is 15.5 Å². The number of anilines is 1. The number of ether oxygens (including phenoxy) is 1. The second-order valence-corrected chi connectivity index (χ2v) is 10.3. The largest absolute Gasteiger partial charge is 1.00 e. The zero-order valence-corrected chi connectivity index (χ0v) is 25.4. The molecule has 0 bridgehead atoms. The zero-order valence-electron chi connectivity index (χ0n) is 21.0. The fraction of sp³-hybridized carbons (Fsp3) is 0.115. The smallest absolute Gasteiger partial charge is 0.870 e. The van der Waals surface area contributed by atoms with Gasteiger partial charge in [0.25, 0.3) is 16.0 Å². The zero-order chi connectivity index (χ0) is 27.6. The van der Waals surface area contributed by atoms with Crippen LogP contribution in [0.4, 0.5) is 17.1 Å². The summed E-state index contributed by atoms with van der Waals surface area (Å²) in [6.07, 6.45) is 0. The van der Waals surface area contributed by atoms with Crippen molar-refractivity contribution in [3.63, 3.8) is 0 Å². The molecular formula is C26H20Cl2N3NaO6S. The van der Waals surface area contributed by atoms with Crippen LogP contribution >= 0.6 is 23.2 Å². The maximum absolute atomic E-state index is 13.4. The van der Waals surface area contributed by atoms with Gasteiger partial charge in [-0.15, -0.1) is 5.11 Å². The summed E-state index contributed by atoms with van der Waals surface area (Å²) in [7, 11) is -4.70. The first-order valence-corrected chi connectivity index (χ1v) is 13.3. The van der Waals surface area contributed by atoms with Crippen molar-refractivity contribution in [3.05, 3.63) is 81.8 Å². The van der Waals surface area contributed by atoms with Crippen molar-refractivity contribution in [3.8, 4) is 11.5 Å². The molecule has 0 saturated carbocycles. The fourth-order valence-corrected chi connectivity index (χ4v) is 5.03. The maximum atomic E-state index is 13.4. The van der Waals surface area contributed by atoms with Crippen LogP contribution in [0.1, 0.15) is 22.8 Å². The number of amides is 1. The molecule has 0 heterocycles. The normalized spacial score (nSPS) is 11.4. The SMILES string of the molecule is CCOc1ccc(NC(=O)c2cc3ccccc3c(N=Nc3c(C)cc(Cl)cc3S(=O)(=O)O)c2[O-])c(Cl)c1.[Na+]. The Kier molecular flexibility index (Phi) is 10.0. The Labute approximate surface area is 256 Å². The Bertz CT molecular complexity index is 1710. The summed E-state index contributed by atoms with van der Waals surface area (Å²) < 4.78 is 38.9. The van der Waals surface area contributed by atoms with Crippen LogP contribution in [-0.4, -0.2) is 25.5 Å². The molecule has 0 atom stereocenters. The van der Waals surface area contributed by atoms with Crippen LogP contribution in [0.3, 0.4) is 0 Å². The molecule has 0 spiro atoms. The summed E-state index contributed by atoms with van der Waals surface area (Å²) in [5.74, 6) is -0.952. The first-order valence-electron chi connectivity index (χ1n) is 11.2. The van der Waals surface area contributed by atoms with Crippen molar-refractivity contribution in [1.82, 2.24) is 0 Å². The number of rotatable bonds is 7. The second kappa shape index (κ2) is 12.6. The van der Waals surface area contributed by atoms with Crippen molar-refractivity contribution in [2.45, 2.75) is 18.7 Å². The third kappa shape index (κ3) is 6.90. The number of nitrogens with zero attached hydrogens (tertiary/aromatic N) is 2. The van der Waals surface area contributed by atoms with Crippen LogP contribution in [0.2, 0.25) is 10.0 Å². The first kappa shape index (κ1) is 30.8. The van der Waals surface area contributed by atoms with Crippen LogP contribution in [-0.2, 0) is 10.1 Å². The van der Waals surface area contributed by atoms with E-state index >= 15 is 0 Å². The van der Waals surface area contributed by atoms with E-state index in [0.29, 0.717) is 28.7 Å². The molecule has 0 aliphatic carbocycles. The Morgan fingerprint density at radius 2 is 1.74 bits per heavy atom. The van der Waals surface area contributed by atoms with Gasteiger partial charge in [-0.05, 0) is 55.1 Å². The number of aryl methyl sites for hydroxylation is 1. The average molecular weight is 596 g/mol. The molecule has 39 heavy (non-hydrogen) atoms. The van der Waals surface area contributed by atoms with Gasteiger partial charge in [-0.25, -0.2) is 0 Å². The number of carbonyl (C=O) groups excluding carboxylic acids is 1. The molecule has 4 aromatic carbocycles. The van der Waals surface area contributed by atoms with Crippen LogP contribution in [0.25, 0.3) is 10.8 Å². The molecule has 4 rings (SSSR count). The maximum Gasteiger partial charge on any atom is 1.00 e. The van der Waals surface area contributed by atoms with Gasteiger partial charge in [-0.2, -0.15) is 13.5 Å². The number of fused-ring (bicyclic) bond motifs is 1. The molecule has 0 fully saturated rings. The fourth-order valence-electron chi connectivity index (χ4n) is 3.75. The molecule has 9 nitrogen and oxygen atoms in total. The van der Waals surface area contributed by atoms with E-state index in [9.17, 15) is 22.9 Å². The van der Waals surface area contributed by atoms with Gasteiger partial charge in [0.15, 0.2) is 0 Å². The molecule has 0 aliphatic heterocycles. The molecule has 196 valence electrons. The van der Waals surface area contributed by atoms with Crippen molar-refractivity contribution in [1.29, 1.82) is 0 Å². The molecule has 0 saturated heterocycles. The van der Waals surface area contributed by atoms with Gasteiger partial charge in [0.2, 0.25) is 0 Å². The summed E-state index contributed by atoms with van der Waals surface area (Å²) in [4.78, 5) is 12.6. The number of nitrogens with one attached hydrogen (secondary N) is 1. The molecular weight excluding hydrogens is 576 g/mol. The van der Waals surface area contributed by atoms with Gasteiger partial charge in [0, 0.05) is 22.0 Å². The van der Waals surface area contributed by atoms with Crippen molar-refractivity contribution in [2.24, 2.45) is 10.2 Å². The molecule has 13 heteroatoms. The van der Waals surface area contributed by atoms with Gasteiger partial charge >= 0.3 is 29.6 Å². The molecule has 2 N–H and O–H groups in total. The number of carbonyl (C=O) groups is 1. The average Bonchev–Trinajstić information content (AvgIpc) is 2.85. The molecule has 1 amide bonds. The van der Waals surface area contributed by atoms with Crippen LogP contribution in [0.5, 0.6) is 11.5 Å². The number of benzene rings is 4. The minimum atomic E-state index is -4.70. The summed E-state index contributed by atoms with van der Waals surface area (Å²) in [6.45, 7) is 3.79. The number of hydrogen-bond acceptors (Lipinski definition) is 7. The van der Waals surface area contributed by atoms with Gasteiger partial charge in [-0.1, -0.05) is 53.2 Å². The van der Waals surface area contributed by atoms with Crippen molar-refractivity contribution in [2.75, 3.05) is 11.9 Å². The predicted octanol–water partition coefficient (Wildman–Crippen LogP) is 3.85. The Morgan fingerprint density at radius 3 is 2.41 bits per heavy atom. The Hall–Kier alpha value is -2.70. The standard InChI is InChI=1S/C26H21Cl2N3O6S.Na/c1-3-37-17-8-9-21(20(28)13-17)29-26(33)19-11-15-6-4-5-7-18(15)24(25(19)32)31-30-23-14(2)10-16(27)12-22(23)38(34,35)36;/h4-13,32H,3H2,1-2H3,(H,29,33)(H,34,35,36);/q;+1/p-1.